The van der Waals surface area contributed by atoms with Gasteiger partial charge in [-0.15, -0.1) is 0 Å². The number of hydrogen-bond donors (Lipinski definition) is 0. The summed E-state index contributed by atoms with van der Waals surface area (Å²) in [6.45, 7) is 4.68. The van der Waals surface area contributed by atoms with Crippen LogP contribution in [0.4, 0.5) is 4.39 Å². The third kappa shape index (κ3) is 4.93. The zero-order valence-corrected chi connectivity index (χ0v) is 19.7. The third-order valence-electron chi connectivity index (χ3n) is 8.03. The van der Waals surface area contributed by atoms with E-state index in [4.69, 9.17) is 4.74 Å². The van der Waals surface area contributed by atoms with Crippen LogP contribution in [0.25, 0.3) is 0 Å². The Labute approximate surface area is 201 Å². The summed E-state index contributed by atoms with van der Waals surface area (Å²) in [5.41, 5.74) is 1.41. The smallest absolute Gasteiger partial charge is 0.328 e. The molecule has 180 valence electrons. The number of halogens is 1. The fourth-order valence-corrected chi connectivity index (χ4v) is 6.16. The number of rotatable bonds is 7. The van der Waals surface area contributed by atoms with Gasteiger partial charge >= 0.3 is 5.97 Å². The molecule has 4 heterocycles. The molecule has 5 nitrogen and oxygen atoms in total. The number of ether oxygens (including phenoxy) is 1. The van der Waals surface area contributed by atoms with E-state index in [2.05, 4.69) is 4.90 Å². The van der Waals surface area contributed by atoms with E-state index in [1.807, 2.05) is 36.4 Å². The maximum Gasteiger partial charge on any atom is 0.328 e. The molecule has 2 atom stereocenters. The van der Waals surface area contributed by atoms with Gasteiger partial charge in [0.05, 0.1) is 13.1 Å². The standard InChI is InChI=1S/C28H34FN2O3/c29-24-11-7-10-23(18-24)27(30-14-5-2-6-15-30)28(33)34-26-20-31(16-12-22(26)13-17-31)19-25(32)21-8-3-1-4-9-21/h1,3-4,7-11,18,22,26-27H,2,5-6,12-17,19-20H2/q+1/t22?,26-,27?,31?/m0/s1. The fraction of sp³-hybridized carbons (Fsp3) is 0.500. The predicted octanol–water partition coefficient (Wildman–Crippen LogP) is 4.39. The molecule has 0 saturated carbocycles. The average molecular weight is 466 g/mol. The number of likely N-dealkylation sites (tertiary alicyclic amines) is 1. The molecule has 0 aliphatic carbocycles. The van der Waals surface area contributed by atoms with Gasteiger partial charge in [0.1, 0.15) is 24.9 Å². The molecule has 6 heteroatoms. The van der Waals surface area contributed by atoms with Gasteiger partial charge in [0.2, 0.25) is 5.78 Å². The second-order valence-electron chi connectivity index (χ2n) is 10.3. The van der Waals surface area contributed by atoms with Crippen LogP contribution in [0.3, 0.4) is 0 Å². The van der Waals surface area contributed by atoms with E-state index in [1.54, 1.807) is 6.07 Å². The van der Waals surface area contributed by atoms with E-state index in [-0.39, 0.29) is 23.7 Å². The lowest BCUT2D eigenvalue weighted by Gasteiger charge is -2.51. The van der Waals surface area contributed by atoms with Gasteiger partial charge in [-0.2, -0.15) is 0 Å². The summed E-state index contributed by atoms with van der Waals surface area (Å²) in [5.74, 6) is -0.125. The molecule has 6 rings (SSSR count). The van der Waals surface area contributed by atoms with E-state index in [0.29, 0.717) is 29.1 Å². The van der Waals surface area contributed by atoms with Gasteiger partial charge in [-0.1, -0.05) is 48.9 Å². The monoisotopic (exact) mass is 465 g/mol. The van der Waals surface area contributed by atoms with Crippen molar-refractivity contribution in [2.75, 3.05) is 39.3 Å². The highest BCUT2D eigenvalue weighted by molar-refractivity contribution is 5.97. The number of ketones is 1. The van der Waals surface area contributed by atoms with E-state index in [9.17, 15) is 14.0 Å². The molecule has 2 aromatic carbocycles. The van der Waals surface area contributed by atoms with Crippen LogP contribution in [0.5, 0.6) is 0 Å². The van der Waals surface area contributed by atoms with Crippen LogP contribution in [0, 0.1) is 11.7 Å². The van der Waals surface area contributed by atoms with Crippen LogP contribution in [0.2, 0.25) is 0 Å². The first-order valence-electron chi connectivity index (χ1n) is 12.7. The highest BCUT2D eigenvalue weighted by Crippen LogP contribution is 2.37. The number of carbonyl (C=O) groups is 2. The first kappa shape index (κ1) is 23.2. The van der Waals surface area contributed by atoms with Crippen LogP contribution >= 0.6 is 0 Å². The maximum atomic E-state index is 14.0. The number of carbonyl (C=O) groups excluding carboxylic acids is 2. The molecule has 2 bridgehead atoms. The average Bonchev–Trinajstić information content (AvgIpc) is 2.86. The summed E-state index contributed by atoms with van der Waals surface area (Å²) in [6, 6.07) is 15.2. The topological polar surface area (TPSA) is 46.6 Å². The molecule has 0 N–H and O–H groups in total. The van der Waals surface area contributed by atoms with Crippen molar-refractivity contribution >= 4 is 11.8 Å². The normalized spacial score (nSPS) is 27.8. The zero-order chi connectivity index (χ0) is 23.5. The zero-order valence-electron chi connectivity index (χ0n) is 19.7. The Morgan fingerprint density at radius 2 is 1.74 bits per heavy atom. The summed E-state index contributed by atoms with van der Waals surface area (Å²) in [6.07, 6.45) is 4.96. The van der Waals surface area contributed by atoms with Crippen LogP contribution < -0.4 is 0 Å². The van der Waals surface area contributed by atoms with Crippen LogP contribution in [-0.4, -0.2) is 66.5 Å². The van der Waals surface area contributed by atoms with Gasteiger partial charge < -0.3 is 9.22 Å². The summed E-state index contributed by atoms with van der Waals surface area (Å²) in [4.78, 5) is 28.7. The number of piperidine rings is 4. The Hall–Kier alpha value is -2.57. The predicted molar refractivity (Wildman–Crippen MR) is 128 cm³/mol. The first-order valence-corrected chi connectivity index (χ1v) is 12.7. The van der Waals surface area contributed by atoms with E-state index in [1.165, 1.54) is 12.1 Å². The Morgan fingerprint density at radius 3 is 2.44 bits per heavy atom. The molecule has 4 fully saturated rings. The second-order valence-corrected chi connectivity index (χ2v) is 10.3. The minimum Gasteiger partial charge on any atom is -0.455 e. The molecule has 0 radical (unpaired) electrons. The SMILES string of the molecule is O=C(C[N+]12CCC(CC1)[C@@H](OC(=O)C(c1cccc(F)c1)N1CCCCC1)C2)c1ccccc1. The van der Waals surface area contributed by atoms with Gasteiger partial charge in [0.25, 0.3) is 0 Å². The summed E-state index contributed by atoms with van der Waals surface area (Å²) in [7, 11) is 0. The fourth-order valence-electron chi connectivity index (χ4n) is 6.16. The lowest BCUT2D eigenvalue weighted by Crippen LogP contribution is -2.66. The van der Waals surface area contributed by atoms with E-state index >= 15 is 0 Å². The Bertz CT molecular complexity index is 1010. The minimum absolute atomic E-state index is 0.150. The van der Waals surface area contributed by atoms with Crippen molar-refractivity contribution in [3.63, 3.8) is 0 Å². The van der Waals surface area contributed by atoms with Gasteiger partial charge in [-0.25, -0.2) is 9.18 Å². The van der Waals surface area contributed by atoms with Crippen LogP contribution in [0.15, 0.2) is 54.6 Å². The van der Waals surface area contributed by atoms with Gasteiger partial charge in [0, 0.05) is 24.3 Å². The lowest BCUT2D eigenvalue weighted by molar-refractivity contribution is -0.938. The summed E-state index contributed by atoms with van der Waals surface area (Å²) < 4.78 is 21.0. The number of fused-ring (bicyclic) bond motifs is 3. The number of hydrogen-bond acceptors (Lipinski definition) is 4. The number of Topliss-reactive ketones (excluding diaryl/α,β-unsaturated/α-hetero) is 1. The molecule has 0 amide bonds. The van der Waals surface area contributed by atoms with Gasteiger partial charge in [0.15, 0.2) is 6.10 Å². The quantitative estimate of drug-likeness (QED) is 0.346. The summed E-state index contributed by atoms with van der Waals surface area (Å²) in [5, 5.41) is 0. The largest absolute Gasteiger partial charge is 0.455 e. The van der Waals surface area contributed by atoms with Crippen LogP contribution in [0.1, 0.15) is 54.1 Å². The van der Waals surface area contributed by atoms with Gasteiger partial charge in [-0.3, -0.25) is 9.69 Å². The minimum atomic E-state index is -0.578. The van der Waals surface area contributed by atoms with Crippen molar-refractivity contribution in [3.05, 3.63) is 71.5 Å². The molecule has 4 aliphatic rings. The van der Waals surface area contributed by atoms with Crippen molar-refractivity contribution in [2.45, 2.75) is 44.2 Å². The molecule has 34 heavy (non-hydrogen) atoms. The lowest BCUT2D eigenvalue weighted by atomic mass is 9.82. The second kappa shape index (κ2) is 9.96. The third-order valence-corrected chi connectivity index (χ3v) is 8.03. The van der Waals surface area contributed by atoms with Crippen molar-refractivity contribution in [3.8, 4) is 0 Å². The van der Waals surface area contributed by atoms with Crippen molar-refractivity contribution in [1.29, 1.82) is 0 Å². The van der Waals surface area contributed by atoms with E-state index < -0.39 is 6.04 Å². The molecule has 4 saturated heterocycles. The Morgan fingerprint density at radius 1 is 1.00 bits per heavy atom. The maximum absolute atomic E-state index is 14.0. The van der Waals surface area contributed by atoms with Crippen LogP contribution in [-0.2, 0) is 9.53 Å². The highest BCUT2D eigenvalue weighted by atomic mass is 19.1. The molecule has 2 aromatic rings. The van der Waals surface area contributed by atoms with Crippen molar-refractivity contribution in [2.24, 2.45) is 5.92 Å². The first-order chi connectivity index (χ1) is 16.5. The molecular weight excluding hydrogens is 431 g/mol. The number of esters is 1. The van der Waals surface area contributed by atoms with E-state index in [0.717, 1.165) is 63.8 Å². The number of nitrogens with zero attached hydrogens (tertiary/aromatic N) is 2. The Kier molecular flexibility index (Phi) is 6.79. The molecule has 4 aliphatic heterocycles. The molecule has 1 unspecified atom stereocenters. The Balaban J connectivity index is 1.32. The van der Waals surface area contributed by atoms with Crippen molar-refractivity contribution < 1.29 is 23.2 Å². The number of quaternary nitrogens is 1. The van der Waals surface area contributed by atoms with Crippen molar-refractivity contribution in [1.82, 2.24) is 4.90 Å². The van der Waals surface area contributed by atoms with Gasteiger partial charge in [-0.05, 0) is 43.6 Å². The highest BCUT2D eigenvalue weighted by Gasteiger charge is 2.49. The molecular formula is C28H34FN2O3+. The molecule has 0 aromatic heterocycles. The summed E-state index contributed by atoms with van der Waals surface area (Å²) >= 11 is 0. The molecule has 0 spiro atoms. The number of benzene rings is 2.